The normalized spacial score (nSPS) is 19.5. The highest BCUT2D eigenvalue weighted by Gasteiger charge is 2.29. The summed E-state index contributed by atoms with van der Waals surface area (Å²) in [4.78, 5) is 15.0. The van der Waals surface area contributed by atoms with Gasteiger partial charge in [0.25, 0.3) is 5.91 Å². The minimum atomic E-state index is -0.535. The summed E-state index contributed by atoms with van der Waals surface area (Å²) in [6, 6.07) is 5.63. The van der Waals surface area contributed by atoms with Crippen molar-refractivity contribution >= 4 is 24.0 Å². The number of amides is 1. The van der Waals surface area contributed by atoms with Gasteiger partial charge in [0.05, 0.1) is 12.1 Å². The van der Waals surface area contributed by atoms with E-state index in [1.165, 1.54) is 6.21 Å². The Morgan fingerprint density at radius 3 is 2.92 bits per heavy atom. The van der Waals surface area contributed by atoms with Gasteiger partial charge in [-0.3, -0.25) is 4.79 Å². The third kappa shape index (κ3) is 3.28. The van der Waals surface area contributed by atoms with Gasteiger partial charge in [0.2, 0.25) is 0 Å². The maximum atomic E-state index is 12.4. The standard InChI is InChI=1S/C16H19N7O/c1-9-5-10(6-17)15-11(9)3-2-4-14(15)22-16(24)12(7-18)13(19)8-21-23-20/h2-4,6-7,9-10,17-18H,5,8,19H2,1H3,(H,22,24)/t9?,10-/m0/s1. The summed E-state index contributed by atoms with van der Waals surface area (Å²) in [5.41, 5.74) is 16.7. The number of rotatable bonds is 6. The number of hydrogen-bond donors (Lipinski definition) is 4. The summed E-state index contributed by atoms with van der Waals surface area (Å²) in [5.74, 6) is -0.261. The third-order valence-corrected chi connectivity index (χ3v) is 4.14. The SMILES string of the molecule is CC1C[C@@H](C=N)c2c(NC(=O)C(C=N)=C(N)CN=[N+]=[N-])cccc21. The molecule has 0 spiro atoms. The minimum Gasteiger partial charge on any atom is -0.401 e. The van der Waals surface area contributed by atoms with E-state index in [0.717, 1.165) is 23.8 Å². The molecule has 5 N–H and O–H groups in total. The van der Waals surface area contributed by atoms with E-state index >= 15 is 0 Å². The second-order valence-corrected chi connectivity index (χ2v) is 5.64. The number of nitrogens with one attached hydrogen (secondary N) is 3. The Kier molecular flexibility index (Phi) is 5.34. The fraction of sp³-hybridized carbons (Fsp3) is 0.312. The lowest BCUT2D eigenvalue weighted by molar-refractivity contribution is -0.112. The highest BCUT2D eigenvalue weighted by Crippen LogP contribution is 2.44. The van der Waals surface area contributed by atoms with E-state index in [0.29, 0.717) is 11.6 Å². The van der Waals surface area contributed by atoms with Crippen molar-refractivity contribution in [1.82, 2.24) is 0 Å². The molecule has 1 aliphatic carbocycles. The van der Waals surface area contributed by atoms with Crippen molar-refractivity contribution in [1.29, 1.82) is 10.8 Å². The molecule has 0 radical (unpaired) electrons. The molecular formula is C16H19N7O. The van der Waals surface area contributed by atoms with Crippen LogP contribution in [0.25, 0.3) is 10.4 Å². The first-order chi connectivity index (χ1) is 11.5. The molecule has 0 saturated carbocycles. The Morgan fingerprint density at radius 2 is 2.29 bits per heavy atom. The molecule has 1 aromatic carbocycles. The summed E-state index contributed by atoms with van der Waals surface area (Å²) >= 11 is 0. The molecule has 0 bridgehead atoms. The fourth-order valence-corrected chi connectivity index (χ4v) is 3.00. The van der Waals surface area contributed by atoms with Gasteiger partial charge in [-0.1, -0.05) is 24.2 Å². The Balaban J connectivity index is 2.35. The molecule has 1 aromatic rings. The van der Waals surface area contributed by atoms with Gasteiger partial charge in [-0.2, -0.15) is 0 Å². The zero-order chi connectivity index (χ0) is 17.7. The summed E-state index contributed by atoms with van der Waals surface area (Å²) in [5, 5.41) is 21.1. The van der Waals surface area contributed by atoms with Crippen LogP contribution in [-0.4, -0.2) is 24.9 Å². The lowest BCUT2D eigenvalue weighted by atomic mass is 10.00. The molecule has 0 aromatic heterocycles. The molecule has 0 heterocycles. The summed E-state index contributed by atoms with van der Waals surface area (Å²) in [7, 11) is 0. The van der Waals surface area contributed by atoms with Crippen LogP contribution < -0.4 is 11.1 Å². The van der Waals surface area contributed by atoms with E-state index < -0.39 is 5.91 Å². The average molecular weight is 325 g/mol. The first-order valence-electron chi connectivity index (χ1n) is 7.48. The van der Waals surface area contributed by atoms with Gasteiger partial charge in [0.15, 0.2) is 0 Å². The average Bonchev–Trinajstić information content (AvgIpc) is 2.91. The van der Waals surface area contributed by atoms with Gasteiger partial charge in [-0.05, 0) is 35.1 Å². The van der Waals surface area contributed by atoms with Crippen molar-refractivity contribution in [2.45, 2.75) is 25.2 Å². The Bertz CT molecular complexity index is 762. The lowest BCUT2D eigenvalue weighted by Gasteiger charge is -2.14. The number of benzene rings is 1. The lowest BCUT2D eigenvalue weighted by Crippen LogP contribution is -2.21. The zero-order valence-corrected chi connectivity index (χ0v) is 13.3. The van der Waals surface area contributed by atoms with Crippen molar-refractivity contribution in [2.75, 3.05) is 11.9 Å². The Hall–Kier alpha value is -3.12. The Morgan fingerprint density at radius 1 is 1.54 bits per heavy atom. The summed E-state index contributed by atoms with van der Waals surface area (Å²) in [6.07, 6.45) is 3.07. The highest BCUT2D eigenvalue weighted by atomic mass is 16.1. The largest absolute Gasteiger partial charge is 0.401 e. The van der Waals surface area contributed by atoms with E-state index in [1.807, 2.05) is 12.1 Å². The van der Waals surface area contributed by atoms with E-state index in [1.54, 1.807) is 6.07 Å². The molecule has 1 aliphatic rings. The first-order valence-corrected chi connectivity index (χ1v) is 7.48. The van der Waals surface area contributed by atoms with Gasteiger partial charge < -0.3 is 21.9 Å². The molecular weight excluding hydrogens is 306 g/mol. The van der Waals surface area contributed by atoms with E-state index in [2.05, 4.69) is 22.3 Å². The van der Waals surface area contributed by atoms with E-state index in [4.69, 9.17) is 22.1 Å². The third-order valence-electron chi connectivity index (χ3n) is 4.14. The minimum absolute atomic E-state index is 0.0323. The maximum Gasteiger partial charge on any atom is 0.258 e. The van der Waals surface area contributed by atoms with Crippen molar-refractivity contribution in [2.24, 2.45) is 10.8 Å². The van der Waals surface area contributed by atoms with Gasteiger partial charge in [-0.15, -0.1) is 0 Å². The maximum absolute atomic E-state index is 12.4. The molecule has 0 aliphatic heterocycles. The molecule has 24 heavy (non-hydrogen) atoms. The Labute approximate surface area is 139 Å². The van der Waals surface area contributed by atoms with Gasteiger partial charge in [0.1, 0.15) is 0 Å². The monoisotopic (exact) mass is 325 g/mol. The quantitative estimate of drug-likeness (QED) is 0.209. The number of azide groups is 1. The molecule has 8 heteroatoms. The van der Waals surface area contributed by atoms with Gasteiger partial charge >= 0.3 is 0 Å². The molecule has 8 nitrogen and oxygen atoms in total. The van der Waals surface area contributed by atoms with Crippen LogP contribution in [0.1, 0.15) is 36.3 Å². The van der Waals surface area contributed by atoms with Crippen LogP contribution >= 0.6 is 0 Å². The number of anilines is 1. The second kappa shape index (κ2) is 7.43. The van der Waals surface area contributed by atoms with Crippen LogP contribution in [0.4, 0.5) is 5.69 Å². The van der Waals surface area contributed by atoms with E-state index in [9.17, 15) is 4.79 Å². The van der Waals surface area contributed by atoms with E-state index in [-0.39, 0.29) is 23.7 Å². The number of hydrogen-bond acceptors (Lipinski definition) is 5. The molecule has 0 saturated heterocycles. The number of carbonyl (C=O) groups is 1. The fourth-order valence-electron chi connectivity index (χ4n) is 3.00. The van der Waals surface area contributed by atoms with Crippen molar-refractivity contribution in [3.63, 3.8) is 0 Å². The molecule has 1 amide bonds. The first kappa shape index (κ1) is 17.2. The van der Waals surface area contributed by atoms with Crippen LogP contribution in [0.2, 0.25) is 0 Å². The smallest absolute Gasteiger partial charge is 0.258 e. The van der Waals surface area contributed by atoms with Crippen LogP contribution in [0.5, 0.6) is 0 Å². The second-order valence-electron chi connectivity index (χ2n) is 5.64. The molecule has 1 unspecified atom stereocenters. The molecule has 124 valence electrons. The van der Waals surface area contributed by atoms with Gasteiger partial charge in [-0.25, -0.2) is 0 Å². The summed E-state index contributed by atoms with van der Waals surface area (Å²) < 4.78 is 0. The van der Waals surface area contributed by atoms with Gasteiger partial charge in [0, 0.05) is 34.6 Å². The number of nitrogens with two attached hydrogens (primary N) is 1. The molecule has 2 rings (SSSR count). The van der Waals surface area contributed by atoms with Crippen LogP contribution in [0.3, 0.4) is 0 Å². The number of nitrogens with zero attached hydrogens (tertiary/aromatic N) is 3. The van der Waals surface area contributed by atoms with Crippen molar-refractivity contribution in [3.05, 3.63) is 51.0 Å². The molecule has 2 atom stereocenters. The highest BCUT2D eigenvalue weighted by molar-refractivity contribution is 6.18. The van der Waals surface area contributed by atoms with Crippen LogP contribution in [0, 0.1) is 10.8 Å². The van der Waals surface area contributed by atoms with Crippen molar-refractivity contribution in [3.8, 4) is 0 Å². The predicted molar refractivity (Wildman–Crippen MR) is 93.6 cm³/mol. The summed E-state index contributed by atoms with van der Waals surface area (Å²) in [6.45, 7) is 1.91. The predicted octanol–water partition coefficient (Wildman–Crippen LogP) is 3.04. The zero-order valence-electron chi connectivity index (χ0n) is 13.3. The molecule has 0 fully saturated rings. The topological polar surface area (TPSA) is 152 Å². The number of fused-ring (bicyclic) bond motifs is 1. The van der Waals surface area contributed by atoms with Crippen LogP contribution in [0.15, 0.2) is 34.6 Å². The van der Waals surface area contributed by atoms with Crippen LogP contribution in [-0.2, 0) is 4.79 Å². The number of carbonyl (C=O) groups excluding carboxylic acids is 1. The van der Waals surface area contributed by atoms with Crippen molar-refractivity contribution < 1.29 is 4.79 Å².